The zero-order valence-corrected chi connectivity index (χ0v) is 9.93. The molecule has 1 aromatic rings. The zero-order chi connectivity index (χ0) is 10.6. The van der Waals surface area contributed by atoms with Crippen molar-refractivity contribution in [1.29, 1.82) is 0 Å². The van der Waals surface area contributed by atoms with E-state index in [1.165, 1.54) is 16.8 Å². The highest BCUT2D eigenvalue weighted by molar-refractivity contribution is 6.17. The van der Waals surface area contributed by atoms with E-state index in [2.05, 4.69) is 43.9 Å². The van der Waals surface area contributed by atoms with Gasteiger partial charge in [-0.1, -0.05) is 17.7 Å². The van der Waals surface area contributed by atoms with Crippen LogP contribution in [0.3, 0.4) is 0 Å². The summed E-state index contributed by atoms with van der Waals surface area (Å²) in [5.41, 5.74) is 3.78. The summed E-state index contributed by atoms with van der Waals surface area (Å²) < 4.78 is 0. The molecule has 0 aliphatic carbocycles. The Labute approximate surface area is 91.7 Å². The minimum Gasteiger partial charge on any atom is -0.372 e. The summed E-state index contributed by atoms with van der Waals surface area (Å²) in [5.74, 6) is 0.591. The van der Waals surface area contributed by atoms with Crippen molar-refractivity contribution in [3.8, 4) is 0 Å². The maximum atomic E-state index is 5.94. The molecule has 0 aliphatic rings. The summed E-state index contributed by atoms with van der Waals surface area (Å²) >= 11 is 5.94. The van der Waals surface area contributed by atoms with Crippen LogP contribution >= 0.6 is 11.6 Å². The molecule has 0 saturated heterocycles. The van der Waals surface area contributed by atoms with Gasteiger partial charge in [0.1, 0.15) is 0 Å². The molecule has 0 saturated carbocycles. The van der Waals surface area contributed by atoms with Crippen LogP contribution in [-0.2, 0) is 5.88 Å². The number of hydrogen-bond acceptors (Lipinski definition) is 1. The summed E-state index contributed by atoms with van der Waals surface area (Å²) in [7, 11) is 0. The Morgan fingerprint density at radius 3 is 2.36 bits per heavy atom. The van der Waals surface area contributed by atoms with Gasteiger partial charge in [0.25, 0.3) is 0 Å². The van der Waals surface area contributed by atoms with Gasteiger partial charge in [-0.3, -0.25) is 0 Å². The molecule has 0 radical (unpaired) electrons. The molecule has 0 aromatic heterocycles. The van der Waals surface area contributed by atoms with Crippen LogP contribution in [0.15, 0.2) is 18.2 Å². The third-order valence-corrected chi connectivity index (χ3v) is 2.77. The van der Waals surface area contributed by atoms with Crippen LogP contribution in [0.2, 0.25) is 0 Å². The van der Waals surface area contributed by atoms with E-state index in [9.17, 15) is 0 Å². The fourth-order valence-corrected chi connectivity index (χ4v) is 1.91. The molecule has 0 amide bonds. The standard InChI is InChI=1S/C12H18ClN/c1-4-14(5-2)12-7-6-10(3)8-11(12)9-13/h6-8H,4-5,9H2,1-3H3. The van der Waals surface area contributed by atoms with Gasteiger partial charge >= 0.3 is 0 Å². The first-order valence-corrected chi connectivity index (χ1v) is 5.66. The zero-order valence-electron chi connectivity index (χ0n) is 9.18. The number of hydrogen-bond donors (Lipinski definition) is 0. The van der Waals surface area contributed by atoms with E-state index in [0.29, 0.717) is 5.88 Å². The summed E-state index contributed by atoms with van der Waals surface area (Å²) in [6, 6.07) is 6.48. The van der Waals surface area contributed by atoms with Gasteiger partial charge in [-0.15, -0.1) is 11.6 Å². The monoisotopic (exact) mass is 211 g/mol. The van der Waals surface area contributed by atoms with E-state index in [-0.39, 0.29) is 0 Å². The average molecular weight is 212 g/mol. The first-order chi connectivity index (χ1) is 6.72. The maximum Gasteiger partial charge on any atom is 0.0494 e. The topological polar surface area (TPSA) is 3.24 Å². The van der Waals surface area contributed by atoms with Gasteiger partial charge in [0.05, 0.1) is 0 Å². The van der Waals surface area contributed by atoms with Crippen LogP contribution in [0.4, 0.5) is 5.69 Å². The van der Waals surface area contributed by atoms with Gasteiger partial charge in [0.2, 0.25) is 0 Å². The average Bonchev–Trinajstić information content (AvgIpc) is 2.21. The van der Waals surface area contributed by atoms with Crippen molar-refractivity contribution >= 4 is 17.3 Å². The molecule has 78 valence electrons. The summed E-state index contributed by atoms with van der Waals surface area (Å²) in [6.07, 6.45) is 0. The molecule has 14 heavy (non-hydrogen) atoms. The van der Waals surface area contributed by atoms with Crippen molar-refractivity contribution in [2.45, 2.75) is 26.7 Å². The fourth-order valence-electron chi connectivity index (χ4n) is 1.69. The second-order valence-corrected chi connectivity index (χ2v) is 3.71. The normalized spacial score (nSPS) is 10.3. The molecule has 0 bridgehead atoms. The van der Waals surface area contributed by atoms with E-state index in [1.54, 1.807) is 0 Å². The molecule has 0 fully saturated rings. The third kappa shape index (κ3) is 2.42. The van der Waals surface area contributed by atoms with E-state index >= 15 is 0 Å². The number of nitrogens with zero attached hydrogens (tertiary/aromatic N) is 1. The number of anilines is 1. The molecule has 0 spiro atoms. The summed E-state index contributed by atoms with van der Waals surface area (Å²) in [6.45, 7) is 8.50. The molecule has 0 unspecified atom stereocenters. The lowest BCUT2D eigenvalue weighted by atomic mass is 10.1. The van der Waals surface area contributed by atoms with Crippen LogP contribution in [0.25, 0.3) is 0 Å². The molecule has 0 N–H and O–H groups in total. The Morgan fingerprint density at radius 1 is 1.21 bits per heavy atom. The number of alkyl halides is 1. The molecular weight excluding hydrogens is 194 g/mol. The van der Waals surface area contributed by atoms with Crippen molar-refractivity contribution in [3.63, 3.8) is 0 Å². The Bertz CT molecular complexity index is 292. The van der Waals surface area contributed by atoms with Gasteiger partial charge in [0.15, 0.2) is 0 Å². The Balaban J connectivity index is 3.06. The van der Waals surface area contributed by atoms with Crippen molar-refractivity contribution in [2.24, 2.45) is 0 Å². The fraction of sp³-hybridized carbons (Fsp3) is 0.500. The lowest BCUT2D eigenvalue weighted by Gasteiger charge is -2.23. The van der Waals surface area contributed by atoms with Crippen molar-refractivity contribution in [1.82, 2.24) is 0 Å². The Hall–Kier alpha value is -0.690. The quantitative estimate of drug-likeness (QED) is 0.689. The van der Waals surface area contributed by atoms with Gasteiger partial charge in [0, 0.05) is 24.7 Å². The molecule has 0 aliphatic heterocycles. The minimum atomic E-state index is 0.591. The van der Waals surface area contributed by atoms with Crippen LogP contribution in [0, 0.1) is 6.92 Å². The second-order valence-electron chi connectivity index (χ2n) is 3.44. The van der Waals surface area contributed by atoms with Crippen LogP contribution in [0.1, 0.15) is 25.0 Å². The Kier molecular flexibility index (Phi) is 4.27. The van der Waals surface area contributed by atoms with Crippen molar-refractivity contribution in [2.75, 3.05) is 18.0 Å². The highest BCUT2D eigenvalue weighted by atomic mass is 35.5. The van der Waals surface area contributed by atoms with Crippen LogP contribution in [-0.4, -0.2) is 13.1 Å². The molecular formula is C12H18ClN. The van der Waals surface area contributed by atoms with Gasteiger partial charge in [-0.25, -0.2) is 0 Å². The van der Waals surface area contributed by atoms with E-state index in [0.717, 1.165) is 13.1 Å². The van der Waals surface area contributed by atoms with Crippen molar-refractivity contribution < 1.29 is 0 Å². The van der Waals surface area contributed by atoms with Crippen LogP contribution in [0.5, 0.6) is 0 Å². The second kappa shape index (κ2) is 5.26. The van der Waals surface area contributed by atoms with Crippen molar-refractivity contribution in [3.05, 3.63) is 29.3 Å². The number of benzene rings is 1. The molecule has 0 heterocycles. The number of aryl methyl sites for hydroxylation is 1. The Morgan fingerprint density at radius 2 is 1.86 bits per heavy atom. The first-order valence-electron chi connectivity index (χ1n) is 5.13. The summed E-state index contributed by atoms with van der Waals surface area (Å²) in [4.78, 5) is 2.33. The van der Waals surface area contributed by atoms with Crippen LogP contribution < -0.4 is 4.90 Å². The minimum absolute atomic E-state index is 0.591. The van der Waals surface area contributed by atoms with E-state index in [1.807, 2.05) is 0 Å². The predicted octanol–water partition coefficient (Wildman–Crippen LogP) is 3.58. The first kappa shape index (κ1) is 11.4. The van der Waals surface area contributed by atoms with Gasteiger partial charge in [-0.2, -0.15) is 0 Å². The lowest BCUT2D eigenvalue weighted by Crippen LogP contribution is -2.22. The van der Waals surface area contributed by atoms with Gasteiger partial charge in [-0.05, 0) is 32.4 Å². The van der Waals surface area contributed by atoms with E-state index < -0.39 is 0 Å². The molecule has 2 heteroatoms. The van der Waals surface area contributed by atoms with Gasteiger partial charge < -0.3 is 4.90 Å². The summed E-state index contributed by atoms with van der Waals surface area (Å²) in [5, 5.41) is 0. The SMILES string of the molecule is CCN(CC)c1ccc(C)cc1CCl. The number of halogens is 1. The highest BCUT2D eigenvalue weighted by Gasteiger charge is 2.06. The number of rotatable bonds is 4. The smallest absolute Gasteiger partial charge is 0.0494 e. The predicted molar refractivity (Wildman–Crippen MR) is 64.3 cm³/mol. The molecule has 1 aromatic carbocycles. The largest absolute Gasteiger partial charge is 0.372 e. The molecule has 1 rings (SSSR count). The maximum absolute atomic E-state index is 5.94. The highest BCUT2D eigenvalue weighted by Crippen LogP contribution is 2.23. The lowest BCUT2D eigenvalue weighted by molar-refractivity contribution is 0.860. The molecule has 1 nitrogen and oxygen atoms in total. The molecule has 0 atom stereocenters. The third-order valence-electron chi connectivity index (χ3n) is 2.48. The van der Waals surface area contributed by atoms with E-state index in [4.69, 9.17) is 11.6 Å².